The fraction of sp³-hybridized carbons (Fsp3) is 0.455. The number of aromatic nitrogens is 1. The molecule has 2 heterocycles. The molecular weight excluding hydrogens is 208 g/mol. The Labute approximate surface area is 93.0 Å². The van der Waals surface area contributed by atoms with Crippen LogP contribution in [0.25, 0.3) is 0 Å². The van der Waals surface area contributed by atoms with E-state index in [0.717, 1.165) is 6.42 Å². The van der Waals surface area contributed by atoms with Gasteiger partial charge in [-0.2, -0.15) is 0 Å². The summed E-state index contributed by atoms with van der Waals surface area (Å²) in [5.41, 5.74) is 0.289. The molecule has 1 aliphatic rings. The smallest absolute Gasteiger partial charge is 0.255 e. The Morgan fingerprint density at radius 3 is 2.94 bits per heavy atom. The molecule has 1 unspecified atom stereocenters. The zero-order valence-corrected chi connectivity index (χ0v) is 9.10. The van der Waals surface area contributed by atoms with Crippen molar-refractivity contribution in [3.8, 4) is 0 Å². The van der Waals surface area contributed by atoms with Crippen molar-refractivity contribution in [1.82, 2.24) is 9.88 Å². The van der Waals surface area contributed by atoms with Crippen LogP contribution in [0.1, 0.15) is 16.8 Å². The second-order valence-corrected chi connectivity index (χ2v) is 3.88. The number of amides is 1. The minimum Gasteiger partial charge on any atom is -0.379 e. The maximum atomic E-state index is 12.0. The first kappa shape index (κ1) is 10.9. The monoisotopic (exact) mass is 222 g/mol. The highest BCUT2D eigenvalue weighted by Crippen LogP contribution is 2.13. The first-order chi connectivity index (χ1) is 7.68. The summed E-state index contributed by atoms with van der Waals surface area (Å²) in [6, 6.07) is 3.03. The number of carbonyl (C=O) groups is 1. The van der Waals surface area contributed by atoms with Crippen molar-refractivity contribution in [1.29, 1.82) is 0 Å². The maximum Gasteiger partial charge on any atom is 0.255 e. The molecule has 2 rings (SSSR count). The van der Waals surface area contributed by atoms with Crippen LogP contribution in [0, 0.1) is 0 Å². The van der Waals surface area contributed by atoms with Crippen LogP contribution in [-0.2, 0) is 4.74 Å². The maximum absolute atomic E-state index is 12.0. The first-order valence-corrected chi connectivity index (χ1v) is 5.22. The normalized spacial score (nSPS) is 19.7. The number of hydrogen-bond acceptors (Lipinski definition) is 3. The number of likely N-dealkylation sites (N-methyl/N-ethyl adjacent to an activating group) is 1. The Morgan fingerprint density at radius 1 is 1.56 bits per heavy atom. The molecule has 16 heavy (non-hydrogen) atoms. The predicted molar refractivity (Wildman–Crippen MR) is 58.4 cm³/mol. The third-order valence-electron chi connectivity index (χ3n) is 2.80. The highest BCUT2D eigenvalue weighted by Gasteiger charge is 2.24. The molecule has 1 aliphatic heterocycles. The van der Waals surface area contributed by atoms with E-state index in [0.29, 0.717) is 18.8 Å². The Hall–Kier alpha value is -1.62. The molecule has 0 radical (unpaired) electrons. The Bertz CT molecular complexity index is 415. The minimum absolute atomic E-state index is 0.0910. The standard InChI is InChI=1S/C11H14N2O3/c1-13(9-4-5-16-7-9)11(15)8-2-3-10(14)12-6-8/h2-3,6,9H,4-5,7H2,1H3,(H,12,14). The second-order valence-electron chi connectivity index (χ2n) is 3.88. The van der Waals surface area contributed by atoms with Gasteiger partial charge in [-0.1, -0.05) is 0 Å². The van der Waals surface area contributed by atoms with E-state index in [1.807, 2.05) is 0 Å². The number of nitrogens with zero attached hydrogens (tertiary/aromatic N) is 1. The lowest BCUT2D eigenvalue weighted by Crippen LogP contribution is -2.37. The van der Waals surface area contributed by atoms with Crippen molar-refractivity contribution in [3.63, 3.8) is 0 Å². The number of nitrogens with one attached hydrogen (secondary N) is 1. The number of pyridine rings is 1. The molecule has 5 nitrogen and oxygen atoms in total. The zero-order chi connectivity index (χ0) is 11.5. The molecule has 1 saturated heterocycles. The fourth-order valence-electron chi connectivity index (χ4n) is 1.74. The van der Waals surface area contributed by atoms with E-state index >= 15 is 0 Å². The van der Waals surface area contributed by atoms with Gasteiger partial charge in [0.2, 0.25) is 5.56 Å². The molecular formula is C11H14N2O3. The lowest BCUT2D eigenvalue weighted by Gasteiger charge is -2.22. The first-order valence-electron chi connectivity index (χ1n) is 5.22. The molecule has 1 amide bonds. The number of hydrogen-bond donors (Lipinski definition) is 1. The van der Waals surface area contributed by atoms with Crippen LogP contribution >= 0.6 is 0 Å². The van der Waals surface area contributed by atoms with Crippen LogP contribution in [0.2, 0.25) is 0 Å². The third kappa shape index (κ3) is 2.14. The van der Waals surface area contributed by atoms with Gasteiger partial charge in [-0.05, 0) is 12.5 Å². The van der Waals surface area contributed by atoms with Gasteiger partial charge >= 0.3 is 0 Å². The SMILES string of the molecule is CN(C(=O)c1ccc(=O)[nH]c1)C1CCOC1. The number of aromatic amines is 1. The second kappa shape index (κ2) is 4.49. The van der Waals surface area contributed by atoms with Crippen LogP contribution in [0.15, 0.2) is 23.1 Å². The zero-order valence-electron chi connectivity index (χ0n) is 9.10. The molecule has 0 bridgehead atoms. The van der Waals surface area contributed by atoms with Gasteiger partial charge in [-0.25, -0.2) is 0 Å². The van der Waals surface area contributed by atoms with Crippen LogP contribution in [0.5, 0.6) is 0 Å². The molecule has 0 spiro atoms. The molecule has 0 aliphatic carbocycles. The van der Waals surface area contributed by atoms with Gasteiger partial charge in [0.1, 0.15) is 0 Å². The van der Waals surface area contributed by atoms with Crippen molar-refractivity contribution < 1.29 is 9.53 Å². The van der Waals surface area contributed by atoms with Crippen molar-refractivity contribution in [2.45, 2.75) is 12.5 Å². The average molecular weight is 222 g/mol. The number of carbonyl (C=O) groups excluding carboxylic acids is 1. The van der Waals surface area contributed by atoms with Gasteiger partial charge in [-0.15, -0.1) is 0 Å². The van der Waals surface area contributed by atoms with Crippen molar-refractivity contribution in [3.05, 3.63) is 34.2 Å². The van der Waals surface area contributed by atoms with Gasteiger partial charge in [0.15, 0.2) is 0 Å². The van der Waals surface area contributed by atoms with Gasteiger partial charge in [0.05, 0.1) is 18.2 Å². The van der Waals surface area contributed by atoms with E-state index in [9.17, 15) is 9.59 Å². The molecule has 1 N–H and O–H groups in total. The summed E-state index contributed by atoms with van der Waals surface area (Å²) < 4.78 is 5.23. The lowest BCUT2D eigenvalue weighted by atomic mass is 10.2. The van der Waals surface area contributed by atoms with Crippen LogP contribution in [-0.4, -0.2) is 42.1 Å². The Balaban J connectivity index is 2.11. The lowest BCUT2D eigenvalue weighted by molar-refractivity contribution is 0.0711. The van der Waals surface area contributed by atoms with E-state index in [1.165, 1.54) is 18.3 Å². The molecule has 1 atom stereocenters. The largest absolute Gasteiger partial charge is 0.379 e. The van der Waals surface area contributed by atoms with Crippen molar-refractivity contribution in [2.75, 3.05) is 20.3 Å². The van der Waals surface area contributed by atoms with E-state index < -0.39 is 0 Å². The molecule has 1 fully saturated rings. The summed E-state index contributed by atoms with van der Waals surface area (Å²) in [7, 11) is 1.76. The molecule has 0 aromatic carbocycles. The average Bonchev–Trinajstić information content (AvgIpc) is 2.81. The molecule has 5 heteroatoms. The van der Waals surface area contributed by atoms with E-state index in [4.69, 9.17) is 4.74 Å². The summed E-state index contributed by atoms with van der Waals surface area (Å²) in [5.74, 6) is -0.0910. The highest BCUT2D eigenvalue weighted by molar-refractivity contribution is 5.93. The summed E-state index contributed by atoms with van der Waals surface area (Å²) in [6.07, 6.45) is 2.31. The quantitative estimate of drug-likeness (QED) is 0.779. The summed E-state index contributed by atoms with van der Waals surface area (Å²) >= 11 is 0. The van der Waals surface area contributed by atoms with Crippen molar-refractivity contribution >= 4 is 5.91 Å². The topological polar surface area (TPSA) is 62.4 Å². The van der Waals surface area contributed by atoms with Gasteiger partial charge in [0, 0.05) is 25.9 Å². The van der Waals surface area contributed by atoms with Gasteiger partial charge < -0.3 is 14.6 Å². The number of H-pyrrole nitrogens is 1. The van der Waals surface area contributed by atoms with Crippen LogP contribution in [0.3, 0.4) is 0 Å². The molecule has 86 valence electrons. The summed E-state index contributed by atoms with van der Waals surface area (Å²) in [5, 5.41) is 0. The third-order valence-corrected chi connectivity index (χ3v) is 2.80. The summed E-state index contributed by atoms with van der Waals surface area (Å²) in [6.45, 7) is 1.29. The van der Waals surface area contributed by atoms with Gasteiger partial charge in [-0.3, -0.25) is 9.59 Å². The highest BCUT2D eigenvalue weighted by atomic mass is 16.5. The Kier molecular flexibility index (Phi) is 3.05. The van der Waals surface area contributed by atoms with E-state index in [1.54, 1.807) is 11.9 Å². The predicted octanol–water partition coefficient (Wildman–Crippen LogP) is 0.236. The number of rotatable bonds is 2. The van der Waals surface area contributed by atoms with Gasteiger partial charge in [0.25, 0.3) is 5.91 Å². The van der Waals surface area contributed by atoms with E-state index in [-0.39, 0.29) is 17.5 Å². The van der Waals surface area contributed by atoms with E-state index in [2.05, 4.69) is 4.98 Å². The summed E-state index contributed by atoms with van der Waals surface area (Å²) in [4.78, 5) is 27.0. The molecule has 1 aromatic rings. The molecule has 1 aromatic heterocycles. The van der Waals surface area contributed by atoms with Crippen LogP contribution in [0.4, 0.5) is 0 Å². The fourth-order valence-corrected chi connectivity index (χ4v) is 1.74. The minimum atomic E-state index is -0.205. The number of ether oxygens (including phenoxy) is 1. The Morgan fingerprint density at radius 2 is 2.38 bits per heavy atom. The van der Waals surface area contributed by atoms with Crippen molar-refractivity contribution in [2.24, 2.45) is 0 Å². The molecule has 0 saturated carbocycles. The van der Waals surface area contributed by atoms with Crippen LogP contribution < -0.4 is 5.56 Å².